The number of nitrogens with two attached hydrogens (primary N) is 1. The number of ether oxygens (including phenoxy) is 1. The van der Waals surface area contributed by atoms with Gasteiger partial charge >= 0.3 is 0 Å². The molecule has 0 aliphatic carbocycles. The van der Waals surface area contributed by atoms with Crippen molar-refractivity contribution in [1.82, 2.24) is 4.98 Å². The highest BCUT2D eigenvalue weighted by atomic mass is 79.9. The van der Waals surface area contributed by atoms with Crippen LogP contribution in [0.4, 0.5) is 0 Å². The van der Waals surface area contributed by atoms with Gasteiger partial charge in [0.25, 0.3) is 0 Å². The van der Waals surface area contributed by atoms with Crippen LogP contribution in [-0.4, -0.2) is 12.1 Å². The summed E-state index contributed by atoms with van der Waals surface area (Å²) in [6.45, 7) is 4.32. The summed E-state index contributed by atoms with van der Waals surface area (Å²) in [5, 5.41) is 0. The summed E-state index contributed by atoms with van der Waals surface area (Å²) in [5.74, 6) is 1.18. The molecule has 0 bridgehead atoms. The van der Waals surface area contributed by atoms with E-state index in [0.717, 1.165) is 16.5 Å². The quantitative estimate of drug-likeness (QED) is 0.917. The average Bonchev–Trinajstić information content (AvgIpc) is 2.17. The smallest absolute Gasteiger partial charge is 0.213 e. The second-order valence-electron chi connectivity index (χ2n) is 3.98. The van der Waals surface area contributed by atoms with Gasteiger partial charge in [0.05, 0.1) is 7.11 Å². The highest BCUT2D eigenvalue weighted by Crippen LogP contribution is 2.28. The number of rotatable bonds is 4. The zero-order valence-electron chi connectivity index (χ0n) is 9.33. The Labute approximate surface area is 99.2 Å². The molecule has 3 nitrogen and oxygen atoms in total. The van der Waals surface area contributed by atoms with Crippen molar-refractivity contribution in [2.45, 2.75) is 26.3 Å². The van der Waals surface area contributed by atoms with Crippen LogP contribution in [0.15, 0.2) is 16.7 Å². The first-order chi connectivity index (χ1) is 7.04. The van der Waals surface area contributed by atoms with E-state index < -0.39 is 0 Å². The molecule has 4 heteroatoms. The van der Waals surface area contributed by atoms with E-state index in [4.69, 9.17) is 10.5 Å². The molecule has 0 aliphatic heterocycles. The van der Waals surface area contributed by atoms with Gasteiger partial charge in [-0.15, -0.1) is 0 Å². The normalized spacial score (nSPS) is 12.9. The van der Waals surface area contributed by atoms with Crippen LogP contribution < -0.4 is 10.5 Å². The minimum absolute atomic E-state index is 0.0243. The average molecular weight is 273 g/mol. The predicted molar refractivity (Wildman–Crippen MR) is 64.9 cm³/mol. The lowest BCUT2D eigenvalue weighted by Crippen LogP contribution is -2.13. The van der Waals surface area contributed by atoms with Crippen molar-refractivity contribution in [3.05, 3.63) is 22.3 Å². The molecule has 0 saturated carbocycles. The third kappa shape index (κ3) is 3.47. The van der Waals surface area contributed by atoms with Crippen molar-refractivity contribution < 1.29 is 4.74 Å². The van der Waals surface area contributed by atoms with Gasteiger partial charge in [-0.05, 0) is 33.8 Å². The van der Waals surface area contributed by atoms with Gasteiger partial charge in [-0.25, -0.2) is 4.98 Å². The molecule has 0 aliphatic rings. The SMILES string of the molecule is COc1cc(C(N)CC(C)C)c(Br)cn1. The van der Waals surface area contributed by atoms with E-state index in [1.165, 1.54) is 0 Å². The fourth-order valence-corrected chi connectivity index (χ4v) is 1.98. The first-order valence-corrected chi connectivity index (χ1v) is 5.79. The highest BCUT2D eigenvalue weighted by molar-refractivity contribution is 9.10. The molecular formula is C11H17BrN2O. The molecule has 1 heterocycles. The molecular weight excluding hydrogens is 256 g/mol. The van der Waals surface area contributed by atoms with Gasteiger partial charge in [0.15, 0.2) is 0 Å². The third-order valence-electron chi connectivity index (χ3n) is 2.19. The van der Waals surface area contributed by atoms with Crippen molar-refractivity contribution >= 4 is 15.9 Å². The molecule has 1 aromatic rings. The summed E-state index contributed by atoms with van der Waals surface area (Å²) in [4.78, 5) is 4.09. The molecule has 1 aromatic heterocycles. The standard InChI is InChI=1S/C11H17BrN2O/c1-7(2)4-10(13)8-5-11(15-3)14-6-9(8)12/h5-7,10H,4,13H2,1-3H3. The van der Waals surface area contributed by atoms with Crippen LogP contribution in [0.25, 0.3) is 0 Å². The predicted octanol–water partition coefficient (Wildman–Crippen LogP) is 2.90. The van der Waals surface area contributed by atoms with E-state index in [2.05, 4.69) is 34.8 Å². The van der Waals surface area contributed by atoms with Crippen LogP contribution >= 0.6 is 15.9 Å². The van der Waals surface area contributed by atoms with E-state index in [1.54, 1.807) is 13.3 Å². The minimum Gasteiger partial charge on any atom is -0.481 e. The lowest BCUT2D eigenvalue weighted by molar-refractivity contribution is 0.395. The second kappa shape index (κ2) is 5.47. The maximum atomic E-state index is 6.11. The molecule has 1 atom stereocenters. The van der Waals surface area contributed by atoms with E-state index in [1.807, 2.05) is 6.07 Å². The molecule has 0 amide bonds. The molecule has 0 saturated heterocycles. The molecule has 0 radical (unpaired) electrons. The van der Waals surface area contributed by atoms with Crippen LogP contribution in [0, 0.1) is 5.92 Å². The van der Waals surface area contributed by atoms with Crippen molar-refractivity contribution in [1.29, 1.82) is 0 Å². The summed E-state index contributed by atoms with van der Waals surface area (Å²) in [7, 11) is 1.61. The number of nitrogens with zero attached hydrogens (tertiary/aromatic N) is 1. The fourth-order valence-electron chi connectivity index (χ4n) is 1.46. The summed E-state index contributed by atoms with van der Waals surface area (Å²) < 4.78 is 6.02. The molecule has 1 unspecified atom stereocenters. The minimum atomic E-state index is 0.0243. The van der Waals surface area contributed by atoms with Gasteiger partial charge in [0.2, 0.25) is 5.88 Å². The summed E-state index contributed by atoms with van der Waals surface area (Å²) >= 11 is 3.45. The van der Waals surface area contributed by atoms with E-state index in [-0.39, 0.29) is 6.04 Å². The Morgan fingerprint density at radius 2 is 2.20 bits per heavy atom. The molecule has 84 valence electrons. The highest BCUT2D eigenvalue weighted by Gasteiger charge is 2.13. The Kier molecular flexibility index (Phi) is 4.54. The zero-order chi connectivity index (χ0) is 11.4. The summed E-state index contributed by atoms with van der Waals surface area (Å²) in [5.41, 5.74) is 7.16. The van der Waals surface area contributed by atoms with Gasteiger partial charge in [-0.3, -0.25) is 0 Å². The Morgan fingerprint density at radius 1 is 1.53 bits per heavy atom. The maximum Gasteiger partial charge on any atom is 0.213 e. The van der Waals surface area contributed by atoms with Crippen LogP contribution in [0.1, 0.15) is 31.9 Å². The van der Waals surface area contributed by atoms with Crippen molar-refractivity contribution in [2.24, 2.45) is 11.7 Å². The number of hydrogen-bond acceptors (Lipinski definition) is 3. The molecule has 2 N–H and O–H groups in total. The van der Waals surface area contributed by atoms with Gasteiger partial charge < -0.3 is 10.5 Å². The van der Waals surface area contributed by atoms with Crippen LogP contribution in [0.2, 0.25) is 0 Å². The first kappa shape index (κ1) is 12.5. The topological polar surface area (TPSA) is 48.1 Å². The van der Waals surface area contributed by atoms with Gasteiger partial charge in [0, 0.05) is 22.8 Å². The Balaban J connectivity index is 2.91. The first-order valence-electron chi connectivity index (χ1n) is 4.99. The summed E-state index contributed by atoms with van der Waals surface area (Å²) in [6.07, 6.45) is 2.68. The number of pyridine rings is 1. The molecule has 0 aromatic carbocycles. The second-order valence-corrected chi connectivity index (χ2v) is 4.84. The molecule has 0 fully saturated rings. The zero-order valence-corrected chi connectivity index (χ0v) is 10.9. The number of methoxy groups -OCH3 is 1. The van der Waals surface area contributed by atoms with Crippen LogP contribution in [0.5, 0.6) is 5.88 Å². The molecule has 1 rings (SSSR count). The van der Waals surface area contributed by atoms with Crippen LogP contribution in [-0.2, 0) is 0 Å². The molecule has 0 spiro atoms. The maximum absolute atomic E-state index is 6.11. The lowest BCUT2D eigenvalue weighted by Gasteiger charge is -2.16. The van der Waals surface area contributed by atoms with Crippen molar-refractivity contribution in [3.63, 3.8) is 0 Å². The fraction of sp³-hybridized carbons (Fsp3) is 0.545. The van der Waals surface area contributed by atoms with Crippen molar-refractivity contribution in [2.75, 3.05) is 7.11 Å². The van der Waals surface area contributed by atoms with Crippen molar-refractivity contribution in [3.8, 4) is 5.88 Å². The summed E-state index contributed by atoms with van der Waals surface area (Å²) in [6, 6.07) is 1.91. The third-order valence-corrected chi connectivity index (χ3v) is 2.86. The number of halogens is 1. The van der Waals surface area contributed by atoms with Gasteiger partial charge in [-0.1, -0.05) is 13.8 Å². The van der Waals surface area contributed by atoms with E-state index >= 15 is 0 Å². The van der Waals surface area contributed by atoms with E-state index in [9.17, 15) is 0 Å². The molecule has 15 heavy (non-hydrogen) atoms. The van der Waals surface area contributed by atoms with E-state index in [0.29, 0.717) is 11.8 Å². The van der Waals surface area contributed by atoms with Gasteiger partial charge in [0.1, 0.15) is 0 Å². The largest absolute Gasteiger partial charge is 0.481 e. The number of aromatic nitrogens is 1. The number of hydrogen-bond donors (Lipinski definition) is 1. The van der Waals surface area contributed by atoms with Gasteiger partial charge in [-0.2, -0.15) is 0 Å². The Morgan fingerprint density at radius 3 is 2.73 bits per heavy atom. The lowest BCUT2D eigenvalue weighted by atomic mass is 9.99. The Hall–Kier alpha value is -0.610. The monoisotopic (exact) mass is 272 g/mol. The Bertz CT molecular complexity index is 328. The van der Waals surface area contributed by atoms with Crippen LogP contribution in [0.3, 0.4) is 0 Å².